The molecule has 1 saturated carbocycles. The van der Waals surface area contributed by atoms with Crippen LogP contribution in [0.2, 0.25) is 0 Å². The van der Waals surface area contributed by atoms with Crippen LogP contribution in [0.15, 0.2) is 30.3 Å². The van der Waals surface area contributed by atoms with E-state index in [4.69, 9.17) is 4.74 Å². The van der Waals surface area contributed by atoms with Gasteiger partial charge in [-0.1, -0.05) is 56.5 Å². The number of carbonyl (C=O) groups excluding carboxylic acids is 3. The maximum Gasteiger partial charge on any atom is 0.310 e. The second-order valence-corrected chi connectivity index (χ2v) is 7.05. The van der Waals surface area contributed by atoms with Gasteiger partial charge in [0.15, 0.2) is 5.78 Å². The predicted molar refractivity (Wildman–Crippen MR) is 99.8 cm³/mol. The van der Waals surface area contributed by atoms with Crippen molar-refractivity contribution in [2.45, 2.75) is 57.9 Å². The van der Waals surface area contributed by atoms with E-state index in [1.54, 1.807) is 19.1 Å². The van der Waals surface area contributed by atoms with E-state index in [-0.39, 0.29) is 42.5 Å². The van der Waals surface area contributed by atoms with Gasteiger partial charge in [0.1, 0.15) is 0 Å². The highest BCUT2D eigenvalue weighted by Gasteiger charge is 2.29. The fraction of sp³-hybridized carbons (Fsp3) is 0.571. The number of benzene rings is 1. The first-order valence-electron chi connectivity index (χ1n) is 9.48. The summed E-state index contributed by atoms with van der Waals surface area (Å²) in [6.45, 7) is 2.14. The Bertz CT molecular complexity index is 608. The number of Topliss-reactive ketones (excluding diaryl/α,β-unsaturated/α-hetero) is 1. The minimum Gasteiger partial charge on any atom is -0.469 e. The minimum absolute atomic E-state index is 0.0245. The van der Waals surface area contributed by atoms with Crippen molar-refractivity contribution in [2.24, 2.45) is 5.92 Å². The number of rotatable bonds is 8. The second-order valence-electron chi connectivity index (χ2n) is 7.05. The number of ether oxygens (including phenoxy) is 1. The van der Waals surface area contributed by atoms with Crippen molar-refractivity contribution in [2.75, 3.05) is 13.7 Å². The molecule has 1 fully saturated rings. The molecule has 1 amide bonds. The van der Waals surface area contributed by atoms with E-state index in [2.05, 4.69) is 0 Å². The van der Waals surface area contributed by atoms with Gasteiger partial charge in [0.25, 0.3) is 0 Å². The Hall–Kier alpha value is -2.17. The summed E-state index contributed by atoms with van der Waals surface area (Å²) < 4.78 is 4.80. The molecule has 5 heteroatoms. The number of amides is 1. The summed E-state index contributed by atoms with van der Waals surface area (Å²) in [6, 6.07) is 9.20. The number of methoxy groups -OCH3 is 1. The first-order valence-corrected chi connectivity index (χ1v) is 9.48. The lowest BCUT2D eigenvalue weighted by Crippen LogP contribution is -2.45. The number of hydrogen-bond acceptors (Lipinski definition) is 4. The molecule has 26 heavy (non-hydrogen) atoms. The average Bonchev–Trinajstić information content (AvgIpc) is 2.70. The number of carbonyl (C=O) groups is 3. The molecule has 1 aromatic rings. The van der Waals surface area contributed by atoms with Gasteiger partial charge in [-0.2, -0.15) is 0 Å². The zero-order chi connectivity index (χ0) is 18.9. The van der Waals surface area contributed by atoms with Crippen LogP contribution < -0.4 is 0 Å². The van der Waals surface area contributed by atoms with Crippen molar-refractivity contribution in [3.8, 4) is 0 Å². The molecule has 0 saturated heterocycles. The van der Waals surface area contributed by atoms with E-state index in [0.29, 0.717) is 12.1 Å². The monoisotopic (exact) mass is 359 g/mol. The molecule has 0 heterocycles. The lowest BCUT2D eigenvalue weighted by molar-refractivity contribution is -0.147. The molecule has 0 spiro atoms. The van der Waals surface area contributed by atoms with Gasteiger partial charge in [-0.25, -0.2) is 0 Å². The third-order valence-electron chi connectivity index (χ3n) is 5.07. The van der Waals surface area contributed by atoms with E-state index in [0.717, 1.165) is 25.7 Å². The van der Waals surface area contributed by atoms with Crippen LogP contribution >= 0.6 is 0 Å². The van der Waals surface area contributed by atoms with E-state index in [9.17, 15) is 14.4 Å². The highest BCUT2D eigenvalue weighted by Crippen LogP contribution is 2.24. The van der Waals surface area contributed by atoms with Crippen LogP contribution in [0, 0.1) is 5.92 Å². The molecule has 1 atom stereocenters. The minimum atomic E-state index is -0.365. The van der Waals surface area contributed by atoms with Crippen molar-refractivity contribution in [1.29, 1.82) is 0 Å². The molecular weight excluding hydrogens is 330 g/mol. The van der Waals surface area contributed by atoms with Crippen LogP contribution in [0.5, 0.6) is 0 Å². The zero-order valence-electron chi connectivity index (χ0n) is 15.8. The molecule has 5 nitrogen and oxygen atoms in total. The molecule has 2 rings (SSSR count). The highest BCUT2D eigenvalue weighted by atomic mass is 16.5. The Balaban J connectivity index is 1.99. The van der Waals surface area contributed by atoms with Crippen molar-refractivity contribution in [3.63, 3.8) is 0 Å². The van der Waals surface area contributed by atoms with Gasteiger partial charge in [0.2, 0.25) is 5.91 Å². The molecule has 1 aliphatic rings. The summed E-state index contributed by atoms with van der Waals surface area (Å²) in [5, 5.41) is 0. The standard InChI is InChI=1S/C21H29NO4/c1-16(21(25)26-2)15-22(18-11-7-4-8-12-18)20(24)14-13-19(23)17-9-5-3-6-10-17/h3,5-6,9-10,16,18H,4,7-8,11-15H2,1-2H3. The molecular formula is C21H29NO4. The van der Waals surface area contributed by atoms with Gasteiger partial charge < -0.3 is 9.64 Å². The second kappa shape index (κ2) is 10.1. The van der Waals surface area contributed by atoms with Crippen molar-refractivity contribution >= 4 is 17.7 Å². The summed E-state index contributed by atoms with van der Waals surface area (Å²) in [5.74, 6) is -0.741. The Morgan fingerprint density at radius 1 is 1.08 bits per heavy atom. The molecule has 0 N–H and O–H groups in total. The highest BCUT2D eigenvalue weighted by molar-refractivity contribution is 5.97. The third-order valence-corrected chi connectivity index (χ3v) is 5.07. The van der Waals surface area contributed by atoms with Crippen molar-refractivity contribution < 1.29 is 19.1 Å². The molecule has 0 aromatic heterocycles. The number of nitrogens with zero attached hydrogens (tertiary/aromatic N) is 1. The van der Waals surface area contributed by atoms with E-state index < -0.39 is 0 Å². The Morgan fingerprint density at radius 3 is 2.35 bits per heavy atom. The first-order chi connectivity index (χ1) is 12.5. The van der Waals surface area contributed by atoms with Crippen molar-refractivity contribution in [1.82, 2.24) is 4.90 Å². The molecule has 142 valence electrons. The van der Waals surface area contributed by atoms with Crippen LogP contribution in [0.25, 0.3) is 0 Å². The van der Waals surface area contributed by atoms with Gasteiger partial charge in [-0.05, 0) is 12.8 Å². The quantitative estimate of drug-likeness (QED) is 0.525. The Labute approximate surface area is 155 Å². The Morgan fingerprint density at radius 2 is 1.73 bits per heavy atom. The smallest absolute Gasteiger partial charge is 0.310 e. The average molecular weight is 359 g/mol. The van der Waals surface area contributed by atoms with E-state index in [1.165, 1.54) is 13.5 Å². The SMILES string of the molecule is COC(=O)C(C)CN(C(=O)CCC(=O)c1ccccc1)C1CCCCC1. The predicted octanol–water partition coefficient (Wildman–Crippen LogP) is 3.62. The topological polar surface area (TPSA) is 63.7 Å². The number of hydrogen-bond donors (Lipinski definition) is 0. The third kappa shape index (κ3) is 5.68. The van der Waals surface area contributed by atoms with Crippen LogP contribution in [-0.4, -0.2) is 42.3 Å². The van der Waals surface area contributed by atoms with Crippen LogP contribution in [0.4, 0.5) is 0 Å². The summed E-state index contributed by atoms with van der Waals surface area (Å²) in [5.41, 5.74) is 0.632. The largest absolute Gasteiger partial charge is 0.469 e. The fourth-order valence-electron chi connectivity index (χ4n) is 3.55. The van der Waals surface area contributed by atoms with Gasteiger partial charge in [-0.3, -0.25) is 14.4 Å². The summed E-state index contributed by atoms with van der Waals surface area (Å²) in [4.78, 5) is 38.7. The first kappa shape index (κ1) is 20.1. The molecule has 0 bridgehead atoms. The van der Waals surface area contributed by atoms with Gasteiger partial charge >= 0.3 is 5.97 Å². The number of esters is 1. The van der Waals surface area contributed by atoms with Crippen molar-refractivity contribution in [3.05, 3.63) is 35.9 Å². The van der Waals surface area contributed by atoms with Crippen LogP contribution in [0.3, 0.4) is 0 Å². The normalized spacial score (nSPS) is 15.9. The zero-order valence-corrected chi connectivity index (χ0v) is 15.8. The molecule has 1 unspecified atom stereocenters. The van der Waals surface area contributed by atoms with Gasteiger partial charge in [-0.15, -0.1) is 0 Å². The van der Waals surface area contributed by atoms with Crippen LogP contribution in [-0.2, 0) is 14.3 Å². The summed E-state index contributed by atoms with van der Waals surface area (Å²) in [6.07, 6.45) is 5.70. The molecule has 1 aromatic carbocycles. The van der Waals surface area contributed by atoms with Crippen LogP contribution in [0.1, 0.15) is 62.2 Å². The Kier molecular flexibility index (Phi) is 7.82. The summed E-state index contributed by atoms with van der Waals surface area (Å²) >= 11 is 0. The molecule has 0 aliphatic heterocycles. The van der Waals surface area contributed by atoms with Gasteiger partial charge in [0.05, 0.1) is 13.0 Å². The molecule has 0 radical (unpaired) electrons. The maximum atomic E-state index is 12.8. The summed E-state index contributed by atoms with van der Waals surface area (Å²) in [7, 11) is 1.37. The maximum absolute atomic E-state index is 12.8. The van der Waals surface area contributed by atoms with E-state index in [1.807, 2.05) is 23.1 Å². The van der Waals surface area contributed by atoms with Gasteiger partial charge in [0, 0.05) is 31.0 Å². The fourth-order valence-corrected chi connectivity index (χ4v) is 3.55. The van der Waals surface area contributed by atoms with E-state index >= 15 is 0 Å². The molecule has 1 aliphatic carbocycles. The number of ketones is 1. The lowest BCUT2D eigenvalue weighted by Gasteiger charge is -2.35. The lowest BCUT2D eigenvalue weighted by atomic mass is 9.93.